The highest BCUT2D eigenvalue weighted by atomic mass is 19.1. The first-order valence-corrected chi connectivity index (χ1v) is 9.51. The SMILES string of the molecule is OC(N[C@H]1COc2cccnc2-n2ccnc21)c1nn(Cc2ccccc2)cc1F. The molecule has 0 radical (unpaired) electrons. The standard InChI is InChI=1S/C21H19FN6O2/c22-15-12-27(11-14-5-2-1-3-6-14)26-18(15)21(29)25-16-13-30-17-7-4-8-23-20(17)28-10-9-24-19(16)28/h1-10,12,16,21,25,29H,11,13H2/t16-,21?/m0/s1. The smallest absolute Gasteiger partial charge is 0.181 e. The summed E-state index contributed by atoms with van der Waals surface area (Å²) in [5.41, 5.74) is 0.905. The number of rotatable bonds is 5. The normalized spacial score (nSPS) is 16.3. The van der Waals surface area contributed by atoms with Crippen molar-refractivity contribution in [2.24, 2.45) is 0 Å². The summed E-state index contributed by atoms with van der Waals surface area (Å²) in [7, 11) is 0. The van der Waals surface area contributed by atoms with Gasteiger partial charge < -0.3 is 9.84 Å². The number of imidazole rings is 1. The summed E-state index contributed by atoms with van der Waals surface area (Å²) in [5.74, 6) is 1.24. The summed E-state index contributed by atoms with van der Waals surface area (Å²) in [4.78, 5) is 8.73. The lowest BCUT2D eigenvalue weighted by Crippen LogP contribution is -2.32. The third-order valence-corrected chi connectivity index (χ3v) is 4.91. The lowest BCUT2D eigenvalue weighted by molar-refractivity contribution is 0.0995. The molecule has 1 unspecified atom stereocenters. The molecule has 9 heteroatoms. The van der Waals surface area contributed by atoms with Crippen molar-refractivity contribution in [2.75, 3.05) is 6.61 Å². The Kier molecular flexibility index (Phi) is 4.74. The van der Waals surface area contributed by atoms with Crippen molar-refractivity contribution in [2.45, 2.75) is 18.8 Å². The summed E-state index contributed by atoms with van der Waals surface area (Å²) < 4.78 is 23.6. The maximum absolute atomic E-state index is 14.5. The van der Waals surface area contributed by atoms with Gasteiger partial charge in [0.2, 0.25) is 0 Å². The molecular formula is C21H19FN6O2. The van der Waals surface area contributed by atoms with Crippen molar-refractivity contribution in [1.29, 1.82) is 0 Å². The quantitative estimate of drug-likeness (QED) is 0.495. The summed E-state index contributed by atoms with van der Waals surface area (Å²) in [6.07, 6.45) is 5.03. The van der Waals surface area contributed by atoms with Crippen LogP contribution in [0, 0.1) is 5.82 Å². The van der Waals surface area contributed by atoms with Crippen molar-refractivity contribution >= 4 is 0 Å². The highest BCUT2D eigenvalue weighted by Crippen LogP contribution is 2.29. The lowest BCUT2D eigenvalue weighted by atomic mass is 10.2. The van der Waals surface area contributed by atoms with Gasteiger partial charge in [-0.1, -0.05) is 30.3 Å². The predicted molar refractivity (Wildman–Crippen MR) is 105 cm³/mol. The minimum Gasteiger partial charge on any atom is -0.488 e. The first-order chi connectivity index (χ1) is 14.7. The van der Waals surface area contributed by atoms with Gasteiger partial charge in [-0.2, -0.15) is 5.10 Å². The van der Waals surface area contributed by atoms with Crippen molar-refractivity contribution < 1.29 is 14.2 Å². The molecule has 2 atom stereocenters. The fourth-order valence-electron chi connectivity index (χ4n) is 3.52. The Hall–Kier alpha value is -3.56. The van der Waals surface area contributed by atoms with Crippen LogP contribution in [0.5, 0.6) is 5.75 Å². The van der Waals surface area contributed by atoms with Crippen LogP contribution in [-0.4, -0.2) is 36.0 Å². The van der Waals surface area contributed by atoms with E-state index >= 15 is 0 Å². The Morgan fingerprint density at radius 1 is 1.17 bits per heavy atom. The molecule has 152 valence electrons. The van der Waals surface area contributed by atoms with E-state index in [0.29, 0.717) is 23.9 Å². The van der Waals surface area contributed by atoms with Crippen LogP contribution in [0.1, 0.15) is 29.4 Å². The molecule has 4 aromatic rings. The zero-order valence-corrected chi connectivity index (χ0v) is 15.9. The van der Waals surface area contributed by atoms with E-state index in [1.165, 1.54) is 10.9 Å². The fourth-order valence-corrected chi connectivity index (χ4v) is 3.52. The maximum atomic E-state index is 14.5. The van der Waals surface area contributed by atoms with Crippen molar-refractivity contribution in [3.8, 4) is 11.6 Å². The van der Waals surface area contributed by atoms with Crippen LogP contribution in [0.3, 0.4) is 0 Å². The highest BCUT2D eigenvalue weighted by molar-refractivity contribution is 5.42. The van der Waals surface area contributed by atoms with Crippen LogP contribution < -0.4 is 10.1 Å². The Morgan fingerprint density at radius 3 is 2.90 bits per heavy atom. The zero-order chi connectivity index (χ0) is 20.5. The van der Waals surface area contributed by atoms with Crippen LogP contribution in [0.15, 0.2) is 67.3 Å². The molecule has 0 spiro atoms. The number of nitrogens with zero attached hydrogens (tertiary/aromatic N) is 5. The topological polar surface area (TPSA) is 90.0 Å². The largest absolute Gasteiger partial charge is 0.488 e. The molecule has 0 saturated heterocycles. The molecule has 0 amide bonds. The van der Waals surface area contributed by atoms with E-state index in [4.69, 9.17) is 4.74 Å². The molecule has 0 saturated carbocycles. The molecule has 2 N–H and O–H groups in total. The first-order valence-electron chi connectivity index (χ1n) is 9.51. The number of nitrogens with one attached hydrogen (secondary N) is 1. The maximum Gasteiger partial charge on any atom is 0.181 e. The molecule has 1 aliphatic rings. The number of hydrogen-bond donors (Lipinski definition) is 2. The second kappa shape index (κ2) is 7.69. The van der Waals surface area contributed by atoms with Gasteiger partial charge in [0.05, 0.1) is 12.7 Å². The second-order valence-electron chi connectivity index (χ2n) is 6.96. The Labute approximate surface area is 171 Å². The number of aromatic nitrogens is 5. The molecule has 1 aromatic carbocycles. The van der Waals surface area contributed by atoms with Gasteiger partial charge in [0, 0.05) is 18.6 Å². The molecule has 4 heterocycles. The van der Waals surface area contributed by atoms with Gasteiger partial charge in [0.25, 0.3) is 0 Å². The van der Waals surface area contributed by atoms with Crippen LogP contribution in [0.2, 0.25) is 0 Å². The zero-order valence-electron chi connectivity index (χ0n) is 15.9. The number of benzene rings is 1. The third kappa shape index (κ3) is 3.44. The summed E-state index contributed by atoms with van der Waals surface area (Å²) in [6, 6.07) is 12.7. The van der Waals surface area contributed by atoms with E-state index in [9.17, 15) is 9.50 Å². The highest BCUT2D eigenvalue weighted by Gasteiger charge is 2.29. The van der Waals surface area contributed by atoms with Crippen molar-refractivity contribution in [3.05, 3.63) is 90.2 Å². The number of fused-ring (bicyclic) bond motifs is 3. The summed E-state index contributed by atoms with van der Waals surface area (Å²) in [6.45, 7) is 0.599. The van der Waals surface area contributed by atoms with Crippen LogP contribution in [0.4, 0.5) is 4.39 Å². The Morgan fingerprint density at radius 2 is 2.03 bits per heavy atom. The number of pyridine rings is 1. The van der Waals surface area contributed by atoms with Gasteiger partial charge in [-0.25, -0.2) is 14.4 Å². The first kappa shape index (κ1) is 18.5. The van der Waals surface area contributed by atoms with Gasteiger partial charge in [-0.15, -0.1) is 0 Å². The third-order valence-electron chi connectivity index (χ3n) is 4.91. The minimum atomic E-state index is -1.34. The molecular weight excluding hydrogens is 387 g/mol. The molecule has 3 aromatic heterocycles. The van der Waals surface area contributed by atoms with Crippen LogP contribution in [0.25, 0.3) is 5.82 Å². The number of aliphatic hydroxyl groups excluding tert-OH is 1. The van der Waals surface area contributed by atoms with Gasteiger partial charge in [-0.05, 0) is 17.7 Å². The summed E-state index contributed by atoms with van der Waals surface area (Å²) >= 11 is 0. The second-order valence-corrected chi connectivity index (χ2v) is 6.96. The van der Waals surface area contributed by atoms with E-state index in [1.807, 2.05) is 36.4 Å². The Balaban J connectivity index is 1.37. The van der Waals surface area contributed by atoms with Crippen molar-refractivity contribution in [3.63, 3.8) is 0 Å². The molecule has 1 aliphatic heterocycles. The predicted octanol–water partition coefficient (Wildman–Crippen LogP) is 2.37. The van der Waals surface area contributed by atoms with Gasteiger partial charge in [0.15, 0.2) is 23.6 Å². The number of aliphatic hydroxyl groups is 1. The monoisotopic (exact) mass is 406 g/mol. The fraction of sp³-hybridized carbons (Fsp3) is 0.190. The van der Waals surface area contributed by atoms with E-state index in [2.05, 4.69) is 20.4 Å². The lowest BCUT2D eigenvalue weighted by Gasteiger charge is -2.19. The summed E-state index contributed by atoms with van der Waals surface area (Å²) in [5, 5.41) is 17.9. The molecule has 5 rings (SSSR count). The van der Waals surface area contributed by atoms with E-state index in [1.54, 1.807) is 29.2 Å². The molecule has 0 bridgehead atoms. The average Bonchev–Trinajstić information content (AvgIpc) is 3.35. The van der Waals surface area contributed by atoms with Gasteiger partial charge in [-0.3, -0.25) is 14.6 Å². The van der Waals surface area contributed by atoms with E-state index in [-0.39, 0.29) is 12.3 Å². The average molecular weight is 406 g/mol. The minimum absolute atomic E-state index is 0.0797. The van der Waals surface area contributed by atoms with Gasteiger partial charge in [0.1, 0.15) is 24.2 Å². The molecule has 0 aliphatic carbocycles. The Bertz CT molecular complexity index is 1160. The van der Waals surface area contributed by atoms with Gasteiger partial charge >= 0.3 is 0 Å². The molecule has 30 heavy (non-hydrogen) atoms. The number of ether oxygens (including phenoxy) is 1. The molecule has 8 nitrogen and oxygen atoms in total. The van der Waals surface area contributed by atoms with E-state index < -0.39 is 18.1 Å². The van der Waals surface area contributed by atoms with Crippen LogP contribution in [-0.2, 0) is 6.54 Å². The van der Waals surface area contributed by atoms with E-state index in [0.717, 1.165) is 5.56 Å². The molecule has 0 fully saturated rings. The number of halogens is 1. The van der Waals surface area contributed by atoms with Crippen LogP contribution >= 0.6 is 0 Å². The van der Waals surface area contributed by atoms with Crippen molar-refractivity contribution in [1.82, 2.24) is 29.6 Å². The number of hydrogen-bond acceptors (Lipinski definition) is 6.